The molecule has 1 aliphatic heterocycles. The Labute approximate surface area is 116 Å². The minimum atomic E-state index is 0.869. The summed E-state index contributed by atoms with van der Waals surface area (Å²) >= 11 is 0. The van der Waals surface area contributed by atoms with Crippen LogP contribution in [0.3, 0.4) is 0 Å². The van der Waals surface area contributed by atoms with E-state index in [1.165, 1.54) is 31.2 Å². The number of hydrogen-bond donors (Lipinski definition) is 1. The quantitative estimate of drug-likeness (QED) is 0.905. The van der Waals surface area contributed by atoms with E-state index in [0.29, 0.717) is 0 Å². The lowest BCUT2D eigenvalue weighted by atomic mass is 10.1. The summed E-state index contributed by atoms with van der Waals surface area (Å²) < 4.78 is 0. The Bertz CT molecular complexity index is 386. The van der Waals surface area contributed by atoms with E-state index >= 15 is 0 Å². The number of rotatable bonds is 4. The van der Waals surface area contributed by atoms with E-state index in [9.17, 15) is 0 Å². The fourth-order valence-corrected chi connectivity index (χ4v) is 2.64. The molecule has 0 saturated carbocycles. The molecule has 0 amide bonds. The molecule has 1 aromatic rings. The fraction of sp³-hybridized carbons (Fsp3) is 0.733. The summed E-state index contributed by atoms with van der Waals surface area (Å²) in [7, 11) is 0. The topological polar surface area (TPSA) is 41.1 Å². The molecule has 4 heteroatoms. The summed E-state index contributed by atoms with van der Waals surface area (Å²) in [5, 5.41) is 3.36. The second kappa shape index (κ2) is 6.85. The number of aryl methyl sites for hydroxylation is 2. The van der Waals surface area contributed by atoms with Gasteiger partial charge in [0.1, 0.15) is 0 Å². The zero-order valence-corrected chi connectivity index (χ0v) is 12.5. The Balaban J connectivity index is 2.18. The molecular weight excluding hydrogens is 236 g/mol. The SMILES string of the molecule is CCNCc1c(C)nc(N2CCCCCC2)nc1C. The first kappa shape index (κ1) is 14.3. The van der Waals surface area contributed by atoms with Crippen molar-refractivity contribution in [3.05, 3.63) is 17.0 Å². The van der Waals surface area contributed by atoms with Crippen LogP contribution in [-0.4, -0.2) is 29.6 Å². The van der Waals surface area contributed by atoms with Gasteiger partial charge < -0.3 is 10.2 Å². The molecule has 1 aromatic heterocycles. The molecule has 1 fully saturated rings. The minimum Gasteiger partial charge on any atom is -0.341 e. The van der Waals surface area contributed by atoms with Gasteiger partial charge in [0, 0.05) is 36.6 Å². The summed E-state index contributed by atoms with van der Waals surface area (Å²) in [6.07, 6.45) is 5.21. The van der Waals surface area contributed by atoms with Crippen molar-refractivity contribution in [3.8, 4) is 0 Å². The van der Waals surface area contributed by atoms with Crippen LogP contribution < -0.4 is 10.2 Å². The van der Waals surface area contributed by atoms with Gasteiger partial charge in [0.05, 0.1) is 0 Å². The Kier molecular flexibility index (Phi) is 5.14. The van der Waals surface area contributed by atoms with Crippen LogP contribution in [0.1, 0.15) is 49.6 Å². The van der Waals surface area contributed by atoms with E-state index < -0.39 is 0 Å². The third-order valence-electron chi connectivity index (χ3n) is 3.85. The van der Waals surface area contributed by atoms with E-state index in [1.807, 2.05) is 0 Å². The molecule has 19 heavy (non-hydrogen) atoms. The van der Waals surface area contributed by atoms with Gasteiger partial charge in [0.15, 0.2) is 0 Å². The standard InChI is InChI=1S/C15H26N4/c1-4-16-11-14-12(2)17-15(18-13(14)3)19-9-7-5-6-8-10-19/h16H,4-11H2,1-3H3. The molecule has 0 atom stereocenters. The van der Waals surface area contributed by atoms with Gasteiger partial charge in [-0.05, 0) is 33.2 Å². The number of hydrogen-bond acceptors (Lipinski definition) is 4. The lowest BCUT2D eigenvalue weighted by Crippen LogP contribution is -2.27. The zero-order valence-electron chi connectivity index (χ0n) is 12.5. The highest BCUT2D eigenvalue weighted by Gasteiger charge is 2.15. The highest BCUT2D eigenvalue weighted by molar-refractivity contribution is 5.36. The molecular formula is C15H26N4. The summed E-state index contributed by atoms with van der Waals surface area (Å²) in [4.78, 5) is 11.8. The van der Waals surface area contributed by atoms with Crippen LogP contribution in [0.15, 0.2) is 0 Å². The molecule has 0 unspecified atom stereocenters. The lowest BCUT2D eigenvalue weighted by Gasteiger charge is -2.22. The maximum absolute atomic E-state index is 4.73. The van der Waals surface area contributed by atoms with Crippen molar-refractivity contribution in [2.45, 2.75) is 53.0 Å². The first-order chi connectivity index (χ1) is 9.22. The van der Waals surface area contributed by atoms with Crippen LogP contribution >= 0.6 is 0 Å². The number of nitrogens with one attached hydrogen (secondary N) is 1. The van der Waals surface area contributed by atoms with Crippen LogP contribution in [0.2, 0.25) is 0 Å². The first-order valence-electron chi connectivity index (χ1n) is 7.52. The maximum atomic E-state index is 4.73. The Morgan fingerprint density at radius 3 is 2.11 bits per heavy atom. The van der Waals surface area contributed by atoms with Gasteiger partial charge in [0.25, 0.3) is 0 Å². The van der Waals surface area contributed by atoms with Crippen molar-refractivity contribution < 1.29 is 0 Å². The molecule has 0 aromatic carbocycles. The molecule has 1 saturated heterocycles. The van der Waals surface area contributed by atoms with Gasteiger partial charge in [-0.1, -0.05) is 19.8 Å². The molecule has 0 radical (unpaired) electrons. The molecule has 2 rings (SSSR count). The van der Waals surface area contributed by atoms with Crippen LogP contribution in [0.25, 0.3) is 0 Å². The average Bonchev–Trinajstić information content (AvgIpc) is 2.66. The van der Waals surface area contributed by atoms with Crippen molar-refractivity contribution >= 4 is 5.95 Å². The third kappa shape index (κ3) is 3.66. The molecule has 0 aliphatic carbocycles. The van der Waals surface area contributed by atoms with Crippen LogP contribution in [0.5, 0.6) is 0 Å². The molecule has 2 heterocycles. The highest BCUT2D eigenvalue weighted by Crippen LogP contribution is 2.19. The zero-order chi connectivity index (χ0) is 13.7. The molecule has 0 spiro atoms. The second-order valence-electron chi connectivity index (χ2n) is 5.35. The first-order valence-corrected chi connectivity index (χ1v) is 7.52. The predicted octanol–water partition coefficient (Wildman–Crippen LogP) is 2.58. The highest BCUT2D eigenvalue weighted by atomic mass is 15.2. The van der Waals surface area contributed by atoms with E-state index in [-0.39, 0.29) is 0 Å². The Hall–Kier alpha value is -1.16. The summed E-state index contributed by atoms with van der Waals surface area (Å²) in [6.45, 7) is 10.4. The summed E-state index contributed by atoms with van der Waals surface area (Å²) in [5.41, 5.74) is 3.49. The van der Waals surface area contributed by atoms with Gasteiger partial charge in [-0.15, -0.1) is 0 Å². The van der Waals surface area contributed by atoms with Gasteiger partial charge >= 0.3 is 0 Å². The number of anilines is 1. The average molecular weight is 262 g/mol. The van der Waals surface area contributed by atoms with Crippen LogP contribution in [0.4, 0.5) is 5.95 Å². The van der Waals surface area contributed by atoms with E-state index in [4.69, 9.17) is 9.97 Å². The van der Waals surface area contributed by atoms with Crippen molar-refractivity contribution in [1.29, 1.82) is 0 Å². The third-order valence-corrected chi connectivity index (χ3v) is 3.85. The lowest BCUT2D eigenvalue weighted by molar-refractivity contribution is 0.702. The van der Waals surface area contributed by atoms with E-state index in [2.05, 4.69) is 31.0 Å². The van der Waals surface area contributed by atoms with Gasteiger partial charge in [-0.3, -0.25) is 0 Å². The molecule has 1 N–H and O–H groups in total. The predicted molar refractivity (Wildman–Crippen MR) is 79.6 cm³/mol. The van der Waals surface area contributed by atoms with Gasteiger partial charge in [-0.25, -0.2) is 9.97 Å². The molecule has 106 valence electrons. The maximum Gasteiger partial charge on any atom is 0.225 e. The Morgan fingerprint density at radius 1 is 1.00 bits per heavy atom. The van der Waals surface area contributed by atoms with E-state index in [1.54, 1.807) is 0 Å². The number of aromatic nitrogens is 2. The smallest absolute Gasteiger partial charge is 0.225 e. The van der Waals surface area contributed by atoms with Crippen LogP contribution in [-0.2, 0) is 6.54 Å². The second-order valence-corrected chi connectivity index (χ2v) is 5.35. The molecule has 0 bridgehead atoms. The van der Waals surface area contributed by atoms with Crippen molar-refractivity contribution in [1.82, 2.24) is 15.3 Å². The summed E-state index contributed by atoms with van der Waals surface area (Å²) in [5.74, 6) is 0.928. The van der Waals surface area contributed by atoms with Crippen molar-refractivity contribution in [2.75, 3.05) is 24.5 Å². The van der Waals surface area contributed by atoms with E-state index in [0.717, 1.165) is 43.5 Å². The van der Waals surface area contributed by atoms with Gasteiger partial charge in [0.2, 0.25) is 5.95 Å². The summed E-state index contributed by atoms with van der Waals surface area (Å²) in [6, 6.07) is 0. The largest absolute Gasteiger partial charge is 0.341 e. The monoisotopic (exact) mass is 262 g/mol. The number of nitrogens with zero attached hydrogens (tertiary/aromatic N) is 3. The van der Waals surface area contributed by atoms with Crippen molar-refractivity contribution in [2.24, 2.45) is 0 Å². The van der Waals surface area contributed by atoms with Crippen LogP contribution in [0, 0.1) is 13.8 Å². The van der Waals surface area contributed by atoms with Crippen molar-refractivity contribution in [3.63, 3.8) is 0 Å². The normalized spacial score (nSPS) is 16.5. The Morgan fingerprint density at radius 2 is 1.58 bits per heavy atom. The molecule has 1 aliphatic rings. The minimum absolute atomic E-state index is 0.869. The van der Waals surface area contributed by atoms with Gasteiger partial charge in [-0.2, -0.15) is 0 Å². The molecule has 4 nitrogen and oxygen atoms in total. The fourth-order valence-electron chi connectivity index (χ4n) is 2.64.